The number of aliphatic hydroxyl groups excluding tert-OH is 1. The van der Waals surface area contributed by atoms with Gasteiger partial charge in [0.05, 0.1) is 19.3 Å². The summed E-state index contributed by atoms with van der Waals surface area (Å²) in [6.45, 7) is 3.16. The predicted molar refractivity (Wildman–Crippen MR) is 81.4 cm³/mol. The van der Waals surface area contributed by atoms with Crippen molar-refractivity contribution in [2.45, 2.75) is 31.3 Å². The highest BCUT2D eigenvalue weighted by Gasteiger charge is 2.11. The molecule has 0 radical (unpaired) electrons. The van der Waals surface area contributed by atoms with Gasteiger partial charge < -0.3 is 9.84 Å². The van der Waals surface area contributed by atoms with Crippen LogP contribution in [0.1, 0.15) is 12.5 Å². The maximum atomic E-state index is 11.4. The summed E-state index contributed by atoms with van der Waals surface area (Å²) < 4.78 is 7.00. The summed E-state index contributed by atoms with van der Waals surface area (Å²) >= 11 is 1.34. The maximum absolute atomic E-state index is 11.4. The average Bonchev–Trinajstić information content (AvgIpc) is 2.86. The number of nitrogens with one attached hydrogen (secondary N) is 1. The van der Waals surface area contributed by atoms with Crippen molar-refractivity contribution in [3.63, 3.8) is 0 Å². The first-order valence-corrected chi connectivity index (χ1v) is 7.77. The fourth-order valence-corrected chi connectivity index (χ4v) is 2.71. The molecule has 0 saturated heterocycles. The largest absolute Gasteiger partial charge is 0.390 e. The number of ether oxygens (including phenoxy) is 1. The normalized spacial score (nSPS) is 12.5. The number of hydrogen-bond acceptors (Lipinski definition) is 5. The second-order valence-corrected chi connectivity index (χ2v) is 5.51. The number of hydrogen-bond donors (Lipinski definition) is 2. The summed E-state index contributed by atoms with van der Waals surface area (Å²) in [6.07, 6.45) is -0.601. The van der Waals surface area contributed by atoms with Crippen LogP contribution >= 0.6 is 11.8 Å². The molecule has 0 aliphatic carbocycles. The average molecular weight is 309 g/mol. The summed E-state index contributed by atoms with van der Waals surface area (Å²) in [5, 5.41) is 16.8. The first-order chi connectivity index (χ1) is 10.2. The second-order valence-electron chi connectivity index (χ2n) is 4.52. The Morgan fingerprint density at radius 3 is 2.90 bits per heavy atom. The zero-order valence-electron chi connectivity index (χ0n) is 11.9. The van der Waals surface area contributed by atoms with Gasteiger partial charge in [0.2, 0.25) is 0 Å². The lowest BCUT2D eigenvalue weighted by Gasteiger charge is -2.11. The van der Waals surface area contributed by atoms with Crippen LogP contribution in [0.5, 0.6) is 0 Å². The van der Waals surface area contributed by atoms with Crippen LogP contribution in [-0.2, 0) is 17.9 Å². The molecule has 2 N–H and O–H groups in total. The highest BCUT2D eigenvalue weighted by atomic mass is 32.2. The number of thioether (sulfide) groups is 1. The van der Waals surface area contributed by atoms with Crippen molar-refractivity contribution in [2.75, 3.05) is 12.4 Å². The van der Waals surface area contributed by atoms with Crippen molar-refractivity contribution in [3.05, 3.63) is 46.4 Å². The Hall–Kier alpha value is -1.57. The summed E-state index contributed by atoms with van der Waals surface area (Å²) in [7, 11) is 0. The Labute approximate surface area is 127 Å². The number of aliphatic hydroxyl groups is 1. The van der Waals surface area contributed by atoms with Crippen molar-refractivity contribution in [3.8, 4) is 0 Å². The Balaban J connectivity index is 1.72. The molecule has 0 aliphatic heterocycles. The quantitative estimate of drug-likeness (QED) is 0.718. The number of nitrogens with zero attached hydrogens (tertiary/aromatic N) is 2. The van der Waals surface area contributed by atoms with Crippen molar-refractivity contribution in [1.82, 2.24) is 14.8 Å². The van der Waals surface area contributed by atoms with Crippen LogP contribution in [0, 0.1) is 0 Å². The third-order valence-electron chi connectivity index (χ3n) is 2.87. The summed E-state index contributed by atoms with van der Waals surface area (Å²) in [5.41, 5.74) is 0.847. The number of rotatable bonds is 8. The molecular weight excluding hydrogens is 290 g/mol. The van der Waals surface area contributed by atoms with Crippen LogP contribution in [0.25, 0.3) is 0 Å². The molecule has 1 aromatic heterocycles. The van der Waals surface area contributed by atoms with Gasteiger partial charge in [-0.05, 0) is 12.5 Å². The van der Waals surface area contributed by atoms with E-state index in [1.165, 1.54) is 16.3 Å². The van der Waals surface area contributed by atoms with Gasteiger partial charge in [0.15, 0.2) is 5.16 Å². The van der Waals surface area contributed by atoms with Crippen molar-refractivity contribution in [1.29, 1.82) is 0 Å². The van der Waals surface area contributed by atoms with E-state index in [0.717, 1.165) is 5.56 Å². The molecule has 2 rings (SSSR count). The molecule has 1 atom stereocenters. The van der Waals surface area contributed by atoms with Crippen LogP contribution in [0.3, 0.4) is 0 Å². The molecule has 0 saturated carbocycles. The number of benzene rings is 1. The van der Waals surface area contributed by atoms with Gasteiger partial charge in [-0.15, -0.1) is 5.10 Å². The molecule has 1 aromatic carbocycles. The highest BCUT2D eigenvalue weighted by Crippen LogP contribution is 2.14. The first kappa shape index (κ1) is 15.8. The van der Waals surface area contributed by atoms with Crippen molar-refractivity contribution in [2.24, 2.45) is 0 Å². The molecule has 0 amide bonds. The van der Waals surface area contributed by atoms with Crippen LogP contribution in [0.2, 0.25) is 0 Å². The smallest absolute Gasteiger partial charge is 0.343 e. The van der Waals surface area contributed by atoms with Gasteiger partial charge in [-0.2, -0.15) is 0 Å². The molecule has 6 nitrogen and oxygen atoms in total. The van der Waals surface area contributed by atoms with E-state index in [4.69, 9.17) is 4.74 Å². The van der Waals surface area contributed by atoms with Gasteiger partial charge in [-0.1, -0.05) is 42.1 Å². The van der Waals surface area contributed by atoms with E-state index in [1.807, 2.05) is 37.3 Å². The van der Waals surface area contributed by atoms with Gasteiger partial charge in [0, 0.05) is 12.3 Å². The lowest BCUT2D eigenvalue weighted by molar-refractivity contribution is 0.0397. The third kappa shape index (κ3) is 4.73. The van der Waals surface area contributed by atoms with Gasteiger partial charge in [0.25, 0.3) is 0 Å². The minimum atomic E-state index is -0.601. The lowest BCUT2D eigenvalue weighted by Crippen LogP contribution is -2.19. The van der Waals surface area contributed by atoms with Crippen LogP contribution < -0.4 is 5.69 Å². The van der Waals surface area contributed by atoms with E-state index in [2.05, 4.69) is 10.2 Å². The second kappa shape index (κ2) is 8.02. The standard InChI is InChI=1S/C14H19N3O3S/c1-2-17-13(19)15-16-14(17)21-10-12(18)9-20-8-11-6-4-3-5-7-11/h3-7,12,18H,2,8-10H2,1H3,(H,15,19). The minimum absolute atomic E-state index is 0.227. The monoisotopic (exact) mass is 309 g/mol. The van der Waals surface area contributed by atoms with Crippen molar-refractivity contribution >= 4 is 11.8 Å². The topological polar surface area (TPSA) is 80.1 Å². The van der Waals surface area contributed by atoms with Gasteiger partial charge >= 0.3 is 5.69 Å². The summed E-state index contributed by atoms with van der Waals surface area (Å²) in [5.74, 6) is 0.430. The van der Waals surface area contributed by atoms with Crippen LogP contribution in [0.4, 0.5) is 0 Å². The molecule has 1 unspecified atom stereocenters. The Morgan fingerprint density at radius 1 is 1.43 bits per heavy atom. The molecule has 114 valence electrons. The zero-order valence-corrected chi connectivity index (χ0v) is 12.7. The van der Waals surface area contributed by atoms with Crippen LogP contribution in [0.15, 0.2) is 40.3 Å². The minimum Gasteiger partial charge on any atom is -0.390 e. The molecule has 0 bridgehead atoms. The lowest BCUT2D eigenvalue weighted by atomic mass is 10.2. The molecule has 1 heterocycles. The molecule has 21 heavy (non-hydrogen) atoms. The zero-order chi connectivity index (χ0) is 15.1. The number of H-pyrrole nitrogens is 1. The first-order valence-electron chi connectivity index (χ1n) is 6.78. The Kier molecular flexibility index (Phi) is 6.04. The maximum Gasteiger partial charge on any atom is 0.343 e. The van der Waals surface area contributed by atoms with Crippen LogP contribution in [-0.4, -0.2) is 38.3 Å². The molecule has 0 spiro atoms. The Bertz CT molecular complexity index is 597. The van der Waals surface area contributed by atoms with E-state index in [1.54, 1.807) is 0 Å². The fourth-order valence-electron chi connectivity index (χ4n) is 1.80. The third-order valence-corrected chi connectivity index (χ3v) is 3.99. The molecular formula is C14H19N3O3S. The molecule has 0 fully saturated rings. The van der Waals surface area contributed by atoms with Gasteiger partial charge in [-0.3, -0.25) is 4.57 Å². The SMILES string of the molecule is CCn1c(SCC(O)COCc2ccccc2)n[nH]c1=O. The molecule has 2 aromatic rings. The summed E-state index contributed by atoms with van der Waals surface area (Å²) in [4.78, 5) is 11.4. The number of aromatic nitrogens is 3. The van der Waals surface area contributed by atoms with E-state index in [0.29, 0.717) is 24.1 Å². The van der Waals surface area contributed by atoms with E-state index < -0.39 is 6.10 Å². The fraction of sp³-hybridized carbons (Fsp3) is 0.429. The number of aromatic amines is 1. The van der Waals surface area contributed by atoms with E-state index in [-0.39, 0.29) is 12.3 Å². The predicted octanol–water partition coefficient (Wildman–Crippen LogP) is 1.26. The van der Waals surface area contributed by atoms with E-state index in [9.17, 15) is 9.90 Å². The van der Waals surface area contributed by atoms with E-state index >= 15 is 0 Å². The molecule has 7 heteroatoms. The van der Waals surface area contributed by atoms with Gasteiger partial charge in [-0.25, -0.2) is 9.89 Å². The summed E-state index contributed by atoms with van der Waals surface area (Å²) in [6, 6.07) is 9.81. The highest BCUT2D eigenvalue weighted by molar-refractivity contribution is 7.99. The molecule has 0 aliphatic rings. The van der Waals surface area contributed by atoms with Gasteiger partial charge in [0.1, 0.15) is 0 Å². The van der Waals surface area contributed by atoms with Crippen molar-refractivity contribution < 1.29 is 9.84 Å². The Morgan fingerprint density at radius 2 is 2.19 bits per heavy atom.